The van der Waals surface area contributed by atoms with Gasteiger partial charge in [0.15, 0.2) is 0 Å². The van der Waals surface area contributed by atoms with Gasteiger partial charge in [-0.2, -0.15) is 0 Å². The fourth-order valence-electron chi connectivity index (χ4n) is 5.67. The molecule has 5 rings (SSSR count). The van der Waals surface area contributed by atoms with Crippen molar-refractivity contribution in [2.24, 2.45) is 5.73 Å². The lowest BCUT2D eigenvalue weighted by Gasteiger charge is -2.33. The zero-order valence-corrected chi connectivity index (χ0v) is 23.7. The summed E-state index contributed by atoms with van der Waals surface area (Å²) in [5, 5.41) is 2.41. The van der Waals surface area contributed by atoms with E-state index in [9.17, 15) is 9.59 Å². The molecule has 1 unspecified atom stereocenters. The first-order chi connectivity index (χ1) is 17.9. The lowest BCUT2D eigenvalue weighted by atomic mass is 9.89. The van der Waals surface area contributed by atoms with Crippen LogP contribution in [0, 0.1) is 0 Å². The van der Waals surface area contributed by atoms with Crippen molar-refractivity contribution in [3.05, 3.63) is 69.3 Å². The number of fused-ring (bicyclic) bond motifs is 1. The van der Waals surface area contributed by atoms with Crippen LogP contribution >= 0.6 is 35.6 Å². The van der Waals surface area contributed by atoms with Crippen LogP contribution in [0.3, 0.4) is 0 Å². The zero-order valence-electron chi connectivity index (χ0n) is 21.4. The number of amides is 2. The van der Waals surface area contributed by atoms with Crippen LogP contribution < -0.4 is 5.73 Å². The minimum Gasteiger partial charge on any atom is -0.378 e. The summed E-state index contributed by atoms with van der Waals surface area (Å²) in [6.45, 7) is 6.12. The summed E-state index contributed by atoms with van der Waals surface area (Å²) in [6.07, 6.45) is 1.85. The quantitative estimate of drug-likeness (QED) is 0.432. The molecule has 2 aliphatic rings. The number of primary amides is 1. The second kappa shape index (κ2) is 12.3. The van der Waals surface area contributed by atoms with Crippen molar-refractivity contribution in [3.8, 4) is 0 Å². The number of piperidine rings is 1. The number of morpholine rings is 1. The highest BCUT2D eigenvalue weighted by molar-refractivity contribution is 6.36. The molecule has 2 saturated heterocycles. The Balaban J connectivity index is 0.00000336. The van der Waals surface area contributed by atoms with E-state index in [4.69, 9.17) is 33.7 Å². The number of likely N-dealkylation sites (tertiary alicyclic amines) is 1. The second-order valence-corrected chi connectivity index (χ2v) is 10.7. The molecular weight excluding hydrogens is 547 g/mol. The van der Waals surface area contributed by atoms with E-state index in [1.54, 1.807) is 6.92 Å². The van der Waals surface area contributed by atoms with Crippen LogP contribution in [0.15, 0.2) is 42.5 Å². The smallest absolute Gasteiger partial charge is 0.271 e. The summed E-state index contributed by atoms with van der Waals surface area (Å²) in [4.78, 5) is 30.5. The van der Waals surface area contributed by atoms with Gasteiger partial charge in [-0.15, -0.1) is 12.4 Å². The molecule has 0 spiro atoms. The Morgan fingerprint density at radius 3 is 2.26 bits per heavy atom. The van der Waals surface area contributed by atoms with Gasteiger partial charge in [0.2, 0.25) is 5.91 Å². The summed E-state index contributed by atoms with van der Waals surface area (Å²) in [5.41, 5.74) is 9.12. The first-order valence-electron chi connectivity index (χ1n) is 12.8. The molecule has 0 bridgehead atoms. The van der Waals surface area contributed by atoms with E-state index in [0.717, 1.165) is 48.0 Å². The molecule has 38 heavy (non-hydrogen) atoms. The number of aromatic nitrogens is 1. The second-order valence-electron chi connectivity index (χ2n) is 9.88. The number of ether oxygens (including phenoxy) is 1. The average Bonchev–Trinajstić information content (AvgIpc) is 3.23. The Morgan fingerprint density at radius 2 is 1.63 bits per heavy atom. The lowest BCUT2D eigenvalue weighted by molar-refractivity contribution is -0.120. The number of carbonyl (C=O) groups is 2. The topological polar surface area (TPSA) is 80.8 Å². The summed E-state index contributed by atoms with van der Waals surface area (Å²) in [5.74, 6) is -0.260. The van der Waals surface area contributed by atoms with Gasteiger partial charge < -0.3 is 19.9 Å². The standard InChI is InChI=1S/C28H32Cl2N4O3.ClH/c1-18(27(31)35)34-24-8-3-2-5-20(24)21(26(34)28(36)33-13-15-37-16-14-33)17-32-11-9-19(10-12-32)25-22(29)6-4-7-23(25)30;/h2-8,18-19H,9-17H2,1H3,(H2,31,35);1H. The van der Waals surface area contributed by atoms with Crippen LogP contribution in [0.1, 0.15) is 53.3 Å². The molecular formula is C28H33Cl3N4O3. The van der Waals surface area contributed by atoms with E-state index in [2.05, 4.69) is 4.90 Å². The van der Waals surface area contributed by atoms with E-state index in [1.807, 2.05) is 51.9 Å². The average molecular weight is 580 g/mol. The van der Waals surface area contributed by atoms with Crippen molar-refractivity contribution >= 4 is 58.3 Å². The van der Waals surface area contributed by atoms with Gasteiger partial charge in [0.05, 0.1) is 13.2 Å². The molecule has 0 radical (unpaired) electrons. The largest absolute Gasteiger partial charge is 0.378 e. The Hall–Kier alpha value is -2.29. The summed E-state index contributed by atoms with van der Waals surface area (Å²) < 4.78 is 7.31. The number of carbonyl (C=O) groups excluding carboxylic acids is 2. The Kier molecular flexibility index (Phi) is 9.27. The molecule has 2 fully saturated rings. The van der Waals surface area contributed by atoms with Crippen LogP contribution in [0.2, 0.25) is 10.0 Å². The molecule has 2 aliphatic heterocycles. The van der Waals surface area contributed by atoms with Crippen LogP contribution in [0.25, 0.3) is 10.9 Å². The fraction of sp³-hybridized carbons (Fsp3) is 0.429. The van der Waals surface area contributed by atoms with Crippen molar-refractivity contribution in [1.82, 2.24) is 14.4 Å². The summed E-state index contributed by atoms with van der Waals surface area (Å²) >= 11 is 13.0. The molecule has 10 heteroatoms. The molecule has 0 aliphatic carbocycles. The molecule has 3 aromatic rings. The van der Waals surface area contributed by atoms with Crippen molar-refractivity contribution in [2.75, 3.05) is 39.4 Å². The van der Waals surface area contributed by atoms with E-state index in [0.29, 0.717) is 54.5 Å². The Bertz CT molecular complexity index is 1290. The number of hydrogen-bond acceptors (Lipinski definition) is 4. The Morgan fingerprint density at radius 1 is 1.00 bits per heavy atom. The first-order valence-corrected chi connectivity index (χ1v) is 13.6. The number of benzene rings is 2. The van der Waals surface area contributed by atoms with Gasteiger partial charge in [0.25, 0.3) is 5.91 Å². The zero-order chi connectivity index (χ0) is 26.1. The number of rotatable bonds is 6. The maximum Gasteiger partial charge on any atom is 0.271 e. The monoisotopic (exact) mass is 578 g/mol. The third-order valence-corrected chi connectivity index (χ3v) is 8.35. The highest BCUT2D eigenvalue weighted by atomic mass is 35.5. The van der Waals surface area contributed by atoms with E-state index >= 15 is 0 Å². The van der Waals surface area contributed by atoms with Crippen LogP contribution in [-0.2, 0) is 16.1 Å². The lowest BCUT2D eigenvalue weighted by Crippen LogP contribution is -2.42. The number of hydrogen-bond donors (Lipinski definition) is 1. The highest BCUT2D eigenvalue weighted by Crippen LogP contribution is 2.39. The van der Waals surface area contributed by atoms with Crippen molar-refractivity contribution in [2.45, 2.75) is 38.3 Å². The first kappa shape index (κ1) is 28.7. The molecule has 1 atom stereocenters. The predicted molar refractivity (Wildman–Crippen MR) is 154 cm³/mol. The highest BCUT2D eigenvalue weighted by Gasteiger charge is 2.32. The molecule has 2 aromatic carbocycles. The third kappa shape index (κ3) is 5.54. The van der Waals surface area contributed by atoms with Gasteiger partial charge in [-0.25, -0.2) is 0 Å². The maximum atomic E-state index is 13.9. The molecule has 3 heterocycles. The number of halogens is 3. The minimum absolute atomic E-state index is 0. The van der Waals surface area contributed by atoms with E-state index in [1.165, 1.54) is 0 Å². The van der Waals surface area contributed by atoms with Crippen molar-refractivity contribution in [3.63, 3.8) is 0 Å². The minimum atomic E-state index is -0.660. The fourth-order valence-corrected chi connectivity index (χ4v) is 6.38. The van der Waals surface area contributed by atoms with Crippen molar-refractivity contribution in [1.29, 1.82) is 0 Å². The van der Waals surface area contributed by atoms with Gasteiger partial charge in [0, 0.05) is 46.1 Å². The molecule has 204 valence electrons. The van der Waals surface area contributed by atoms with Gasteiger partial charge in [-0.1, -0.05) is 47.5 Å². The molecule has 2 amide bonds. The van der Waals surface area contributed by atoms with Crippen LogP contribution in [-0.4, -0.2) is 65.6 Å². The molecule has 1 aromatic heterocycles. The third-order valence-electron chi connectivity index (χ3n) is 7.69. The number of nitrogens with two attached hydrogens (primary N) is 1. The molecule has 2 N–H and O–H groups in total. The van der Waals surface area contributed by atoms with Gasteiger partial charge in [-0.3, -0.25) is 14.5 Å². The SMILES string of the molecule is CC(C(N)=O)n1c(C(=O)N2CCOCC2)c(CN2CCC(c3c(Cl)cccc3Cl)CC2)c2ccccc21.Cl. The predicted octanol–water partition coefficient (Wildman–Crippen LogP) is 5.27. The maximum absolute atomic E-state index is 13.9. The Labute approximate surface area is 239 Å². The van der Waals surface area contributed by atoms with E-state index in [-0.39, 0.29) is 18.3 Å². The number of para-hydroxylation sites is 1. The van der Waals surface area contributed by atoms with Gasteiger partial charge in [0.1, 0.15) is 11.7 Å². The normalized spacial score (nSPS) is 17.8. The van der Waals surface area contributed by atoms with E-state index < -0.39 is 11.9 Å². The van der Waals surface area contributed by atoms with Crippen LogP contribution in [0.4, 0.5) is 0 Å². The summed E-state index contributed by atoms with van der Waals surface area (Å²) in [7, 11) is 0. The summed E-state index contributed by atoms with van der Waals surface area (Å²) in [6, 6.07) is 12.9. The van der Waals surface area contributed by atoms with Gasteiger partial charge in [-0.05, 0) is 62.5 Å². The number of nitrogens with zero attached hydrogens (tertiary/aromatic N) is 3. The molecule has 7 nitrogen and oxygen atoms in total. The van der Waals surface area contributed by atoms with Gasteiger partial charge >= 0.3 is 0 Å². The molecule has 0 saturated carbocycles. The van der Waals surface area contributed by atoms with Crippen molar-refractivity contribution < 1.29 is 14.3 Å². The van der Waals surface area contributed by atoms with Crippen LogP contribution in [0.5, 0.6) is 0 Å².